The Morgan fingerprint density at radius 2 is 1.88 bits per heavy atom. The van der Waals surface area contributed by atoms with E-state index in [0.717, 1.165) is 24.1 Å². The van der Waals surface area contributed by atoms with Gasteiger partial charge < -0.3 is 0 Å². The molecule has 0 saturated carbocycles. The quantitative estimate of drug-likeness (QED) is 0.752. The lowest BCUT2D eigenvalue weighted by Crippen LogP contribution is -1.89. The number of hydrogen-bond acceptors (Lipinski definition) is 1. The van der Waals surface area contributed by atoms with Crippen molar-refractivity contribution in [2.75, 3.05) is 0 Å². The summed E-state index contributed by atoms with van der Waals surface area (Å²) in [5.74, 6) is -1.69. The average molecular weight is 219 g/mol. The Morgan fingerprint density at radius 3 is 2.44 bits per heavy atom. The first-order chi connectivity index (χ1) is 7.70. The number of rotatable bonds is 2. The van der Waals surface area contributed by atoms with Gasteiger partial charge in [0.2, 0.25) is 0 Å². The van der Waals surface area contributed by atoms with Crippen molar-refractivity contribution < 1.29 is 8.78 Å². The van der Waals surface area contributed by atoms with Gasteiger partial charge in [-0.3, -0.25) is 4.98 Å². The molecule has 0 aliphatic heterocycles. The molecule has 0 amide bonds. The summed E-state index contributed by atoms with van der Waals surface area (Å²) >= 11 is 0. The largest absolute Gasteiger partial charge is 0.256 e. The predicted octanol–water partition coefficient (Wildman–Crippen LogP) is 3.59. The van der Waals surface area contributed by atoms with Crippen LogP contribution in [0.15, 0.2) is 36.5 Å². The van der Waals surface area contributed by atoms with Crippen molar-refractivity contribution in [3.05, 3.63) is 53.7 Å². The standard InChI is InChI=1S/C13H11F2N/c1-2-9-3-6-13(16-8-9)10-4-5-11(14)12(15)7-10/h3-8H,2H2,1H3. The summed E-state index contributed by atoms with van der Waals surface area (Å²) in [6, 6.07) is 7.53. The fourth-order valence-corrected chi connectivity index (χ4v) is 1.46. The van der Waals surface area contributed by atoms with E-state index in [9.17, 15) is 8.78 Å². The molecule has 1 nitrogen and oxygen atoms in total. The zero-order valence-electron chi connectivity index (χ0n) is 8.87. The van der Waals surface area contributed by atoms with Crippen LogP contribution < -0.4 is 0 Å². The van der Waals surface area contributed by atoms with E-state index in [-0.39, 0.29) is 0 Å². The van der Waals surface area contributed by atoms with Crippen LogP contribution in [0.4, 0.5) is 8.78 Å². The van der Waals surface area contributed by atoms with Gasteiger partial charge in [0.1, 0.15) is 0 Å². The van der Waals surface area contributed by atoms with Crippen LogP contribution in [-0.2, 0) is 6.42 Å². The van der Waals surface area contributed by atoms with E-state index >= 15 is 0 Å². The Bertz CT molecular complexity index is 492. The summed E-state index contributed by atoms with van der Waals surface area (Å²) in [6.07, 6.45) is 2.65. The smallest absolute Gasteiger partial charge is 0.159 e. The molecule has 2 aromatic rings. The van der Waals surface area contributed by atoms with Crippen LogP contribution in [0, 0.1) is 11.6 Å². The Hall–Kier alpha value is -1.77. The van der Waals surface area contributed by atoms with Crippen molar-refractivity contribution in [1.29, 1.82) is 0 Å². The van der Waals surface area contributed by atoms with Crippen molar-refractivity contribution in [3.8, 4) is 11.3 Å². The number of hydrogen-bond donors (Lipinski definition) is 0. The van der Waals surface area contributed by atoms with Gasteiger partial charge in [0.15, 0.2) is 11.6 Å². The highest BCUT2D eigenvalue weighted by Crippen LogP contribution is 2.19. The second-order valence-corrected chi connectivity index (χ2v) is 3.53. The minimum atomic E-state index is -0.848. The fourth-order valence-electron chi connectivity index (χ4n) is 1.46. The topological polar surface area (TPSA) is 12.9 Å². The third kappa shape index (κ3) is 2.08. The molecule has 16 heavy (non-hydrogen) atoms. The number of aryl methyl sites for hydroxylation is 1. The third-order valence-corrected chi connectivity index (χ3v) is 2.45. The summed E-state index contributed by atoms with van der Waals surface area (Å²) in [7, 11) is 0. The highest BCUT2D eigenvalue weighted by Gasteiger charge is 2.05. The molecule has 82 valence electrons. The molecule has 0 atom stereocenters. The van der Waals surface area contributed by atoms with Crippen LogP contribution in [0.2, 0.25) is 0 Å². The SMILES string of the molecule is CCc1ccc(-c2ccc(F)c(F)c2)nc1. The molecule has 1 aromatic carbocycles. The molecule has 0 spiro atoms. The van der Waals surface area contributed by atoms with E-state index in [1.165, 1.54) is 6.07 Å². The van der Waals surface area contributed by atoms with Crippen molar-refractivity contribution >= 4 is 0 Å². The maximum absolute atomic E-state index is 13.0. The van der Waals surface area contributed by atoms with Crippen LogP contribution in [-0.4, -0.2) is 4.98 Å². The number of benzene rings is 1. The van der Waals surface area contributed by atoms with Crippen LogP contribution in [0.3, 0.4) is 0 Å². The average Bonchev–Trinajstić information content (AvgIpc) is 2.33. The highest BCUT2D eigenvalue weighted by molar-refractivity contribution is 5.59. The Balaban J connectivity index is 2.38. The van der Waals surface area contributed by atoms with Crippen LogP contribution >= 0.6 is 0 Å². The molecule has 3 heteroatoms. The summed E-state index contributed by atoms with van der Waals surface area (Å²) in [4.78, 5) is 4.20. The number of nitrogens with zero attached hydrogens (tertiary/aromatic N) is 1. The first-order valence-corrected chi connectivity index (χ1v) is 5.11. The number of halogens is 2. The van der Waals surface area contributed by atoms with Gasteiger partial charge in [-0.05, 0) is 36.2 Å². The second-order valence-electron chi connectivity index (χ2n) is 3.53. The van der Waals surface area contributed by atoms with Crippen molar-refractivity contribution in [3.63, 3.8) is 0 Å². The first kappa shape index (κ1) is 10.7. The van der Waals surface area contributed by atoms with Crippen LogP contribution in [0.1, 0.15) is 12.5 Å². The molecule has 1 aromatic heterocycles. The number of pyridine rings is 1. The lowest BCUT2D eigenvalue weighted by atomic mass is 10.1. The molecule has 0 fully saturated rings. The van der Waals surface area contributed by atoms with Gasteiger partial charge in [-0.1, -0.05) is 13.0 Å². The van der Waals surface area contributed by atoms with Crippen molar-refractivity contribution in [1.82, 2.24) is 4.98 Å². The first-order valence-electron chi connectivity index (χ1n) is 5.11. The molecule has 1 heterocycles. The minimum absolute atomic E-state index is 0.585. The van der Waals surface area contributed by atoms with Gasteiger partial charge in [0, 0.05) is 11.8 Å². The summed E-state index contributed by atoms with van der Waals surface area (Å²) in [6.45, 7) is 2.04. The summed E-state index contributed by atoms with van der Waals surface area (Å²) < 4.78 is 25.7. The van der Waals surface area contributed by atoms with E-state index in [1.807, 2.05) is 19.1 Å². The lowest BCUT2D eigenvalue weighted by Gasteiger charge is -2.02. The molecule has 0 aliphatic rings. The molecular weight excluding hydrogens is 208 g/mol. The Kier molecular flexibility index (Phi) is 2.95. The van der Waals surface area contributed by atoms with Crippen molar-refractivity contribution in [2.24, 2.45) is 0 Å². The second kappa shape index (κ2) is 4.39. The summed E-state index contributed by atoms with van der Waals surface area (Å²) in [5, 5.41) is 0. The van der Waals surface area contributed by atoms with E-state index in [0.29, 0.717) is 11.3 Å². The van der Waals surface area contributed by atoms with Gasteiger partial charge in [-0.25, -0.2) is 8.78 Å². The molecule has 2 rings (SSSR count). The van der Waals surface area contributed by atoms with Gasteiger partial charge in [-0.2, -0.15) is 0 Å². The molecule has 0 N–H and O–H groups in total. The van der Waals surface area contributed by atoms with Gasteiger partial charge in [-0.15, -0.1) is 0 Å². The zero-order valence-corrected chi connectivity index (χ0v) is 8.87. The van der Waals surface area contributed by atoms with Gasteiger partial charge >= 0.3 is 0 Å². The summed E-state index contributed by atoms with van der Waals surface area (Å²) in [5.41, 5.74) is 2.35. The molecule has 0 radical (unpaired) electrons. The molecule has 0 saturated heterocycles. The van der Waals surface area contributed by atoms with Crippen LogP contribution in [0.5, 0.6) is 0 Å². The number of aromatic nitrogens is 1. The Labute approximate surface area is 92.8 Å². The van der Waals surface area contributed by atoms with E-state index in [2.05, 4.69) is 4.98 Å². The fraction of sp³-hybridized carbons (Fsp3) is 0.154. The van der Waals surface area contributed by atoms with Gasteiger partial charge in [0.05, 0.1) is 5.69 Å². The molecule has 0 bridgehead atoms. The zero-order chi connectivity index (χ0) is 11.5. The van der Waals surface area contributed by atoms with E-state index in [4.69, 9.17) is 0 Å². The van der Waals surface area contributed by atoms with E-state index in [1.54, 1.807) is 6.20 Å². The predicted molar refractivity (Wildman–Crippen MR) is 59.0 cm³/mol. The highest BCUT2D eigenvalue weighted by atomic mass is 19.2. The van der Waals surface area contributed by atoms with Crippen molar-refractivity contribution in [2.45, 2.75) is 13.3 Å². The van der Waals surface area contributed by atoms with Gasteiger partial charge in [0.25, 0.3) is 0 Å². The van der Waals surface area contributed by atoms with E-state index < -0.39 is 11.6 Å². The Morgan fingerprint density at radius 1 is 1.06 bits per heavy atom. The molecule has 0 unspecified atom stereocenters. The minimum Gasteiger partial charge on any atom is -0.256 e. The van der Waals surface area contributed by atoms with Crippen LogP contribution in [0.25, 0.3) is 11.3 Å². The lowest BCUT2D eigenvalue weighted by molar-refractivity contribution is 0.509. The maximum Gasteiger partial charge on any atom is 0.159 e. The monoisotopic (exact) mass is 219 g/mol. The normalized spacial score (nSPS) is 10.4. The third-order valence-electron chi connectivity index (χ3n) is 2.45. The molecular formula is C13H11F2N. The maximum atomic E-state index is 13.0. The molecule has 0 aliphatic carbocycles.